The summed E-state index contributed by atoms with van der Waals surface area (Å²) < 4.78 is 8.04. The van der Waals surface area contributed by atoms with Crippen LogP contribution in [0.2, 0.25) is 0 Å². The van der Waals surface area contributed by atoms with Crippen molar-refractivity contribution < 1.29 is 23.9 Å². The molecule has 2 saturated heterocycles. The number of carbonyl (C=O) groups excluding carboxylic acids is 4. The summed E-state index contributed by atoms with van der Waals surface area (Å²) >= 11 is 0. The van der Waals surface area contributed by atoms with E-state index in [0.29, 0.717) is 43.2 Å². The second kappa shape index (κ2) is 13.2. The Balaban J connectivity index is 0.849. The lowest BCUT2D eigenvalue weighted by Gasteiger charge is -2.36. The molecule has 7 rings (SSSR count). The van der Waals surface area contributed by atoms with Gasteiger partial charge in [0.25, 0.3) is 5.91 Å². The van der Waals surface area contributed by atoms with Gasteiger partial charge < -0.3 is 15.0 Å². The lowest BCUT2D eigenvalue weighted by atomic mass is 9.76. The first-order valence-electron chi connectivity index (χ1n) is 17.3. The Morgan fingerprint density at radius 1 is 1.00 bits per heavy atom. The van der Waals surface area contributed by atoms with Crippen LogP contribution in [0, 0.1) is 11.3 Å². The van der Waals surface area contributed by atoms with Crippen molar-refractivity contribution in [3.05, 3.63) is 53.2 Å². The molecular formula is C35H44N8O5. The summed E-state index contributed by atoms with van der Waals surface area (Å²) in [4.78, 5) is 56.4. The van der Waals surface area contributed by atoms with E-state index < -0.39 is 0 Å². The fourth-order valence-corrected chi connectivity index (χ4v) is 7.72. The number of hydrogen-bond acceptors (Lipinski definition) is 8. The zero-order valence-electron chi connectivity index (χ0n) is 27.7. The Morgan fingerprint density at radius 2 is 1.79 bits per heavy atom. The number of rotatable bonds is 7. The van der Waals surface area contributed by atoms with Crippen LogP contribution >= 0.6 is 0 Å². The molecule has 13 nitrogen and oxygen atoms in total. The molecule has 3 aromatic heterocycles. The van der Waals surface area contributed by atoms with Gasteiger partial charge >= 0.3 is 0 Å². The van der Waals surface area contributed by atoms with Gasteiger partial charge in [0.15, 0.2) is 5.69 Å². The van der Waals surface area contributed by atoms with Gasteiger partial charge in [-0.3, -0.25) is 34.3 Å². The van der Waals surface area contributed by atoms with Gasteiger partial charge in [-0.05, 0) is 62.3 Å². The molecule has 1 atom stereocenters. The number of nitrogens with zero attached hydrogens (tertiary/aromatic N) is 5. The molecule has 4 aliphatic rings. The average Bonchev–Trinajstić information content (AvgIpc) is 3.72. The van der Waals surface area contributed by atoms with E-state index >= 15 is 0 Å². The van der Waals surface area contributed by atoms with Crippen molar-refractivity contribution in [1.29, 1.82) is 0 Å². The Bertz CT molecular complexity index is 1680. The number of aromatic amines is 1. The van der Waals surface area contributed by atoms with Gasteiger partial charge in [-0.15, -0.1) is 0 Å². The molecule has 48 heavy (non-hydrogen) atoms. The second-order valence-corrected chi connectivity index (χ2v) is 14.6. The van der Waals surface area contributed by atoms with Crippen molar-refractivity contribution in [2.45, 2.75) is 103 Å². The van der Waals surface area contributed by atoms with Crippen LogP contribution < -0.4 is 15.4 Å². The van der Waals surface area contributed by atoms with Crippen LogP contribution in [0.3, 0.4) is 0 Å². The number of H-pyrrole nitrogens is 1. The molecule has 4 amide bonds. The Hall–Kier alpha value is -4.55. The first kappa shape index (κ1) is 32.0. The summed E-state index contributed by atoms with van der Waals surface area (Å²) in [5, 5.41) is 17.3. The van der Waals surface area contributed by atoms with Crippen LogP contribution in [0.1, 0.15) is 111 Å². The lowest BCUT2D eigenvalue weighted by Crippen LogP contribution is -2.45. The molecule has 3 fully saturated rings. The monoisotopic (exact) mass is 656 g/mol. The van der Waals surface area contributed by atoms with Gasteiger partial charge in [0.05, 0.1) is 23.8 Å². The number of pyridine rings is 1. The summed E-state index contributed by atoms with van der Waals surface area (Å²) in [6.45, 7) is 5.78. The number of ether oxygens (including phenoxy) is 1. The van der Waals surface area contributed by atoms with Crippen LogP contribution in [-0.4, -0.2) is 72.7 Å². The van der Waals surface area contributed by atoms with E-state index in [0.717, 1.165) is 74.6 Å². The van der Waals surface area contributed by atoms with Crippen molar-refractivity contribution in [1.82, 2.24) is 35.2 Å². The standard InChI is InChI=1S/C35H44N8O5/c1-35(2)14-11-27-28(17-35)40-41-31(27)33(46)38-23-19-37-43(20-23)24-6-3-21(4-7-24)34(47)42-15-12-25(13-16-42)48-30-10-5-22(18-36-30)26-8-9-29(44)39-32(26)45/h5,10,18-21,24-26H,3-4,6-9,11-17H2,1-2H3,(H,38,46)(H,40,41)(H,39,44,45)/t21?,24?,26-/m1/s1. The number of anilines is 1. The molecule has 2 aliphatic carbocycles. The topological polar surface area (TPSA) is 164 Å². The maximum atomic E-state index is 13.4. The minimum Gasteiger partial charge on any atom is -0.474 e. The number of carbonyl (C=O) groups is 4. The van der Waals surface area contributed by atoms with Gasteiger partial charge in [0.2, 0.25) is 23.6 Å². The summed E-state index contributed by atoms with van der Waals surface area (Å²) in [5.41, 5.74) is 4.19. The molecule has 0 spiro atoms. The quantitative estimate of drug-likeness (QED) is 0.320. The third-order valence-electron chi connectivity index (χ3n) is 10.6. The maximum Gasteiger partial charge on any atom is 0.276 e. The minimum absolute atomic E-state index is 0.00534. The van der Waals surface area contributed by atoms with Crippen LogP contribution in [0.5, 0.6) is 5.88 Å². The summed E-state index contributed by atoms with van der Waals surface area (Å²) in [6, 6.07) is 3.80. The van der Waals surface area contributed by atoms with Gasteiger partial charge in [-0.25, -0.2) is 4.98 Å². The molecule has 13 heteroatoms. The van der Waals surface area contributed by atoms with Crippen molar-refractivity contribution in [2.24, 2.45) is 11.3 Å². The molecule has 0 unspecified atom stereocenters. The molecule has 3 aromatic rings. The third-order valence-corrected chi connectivity index (χ3v) is 10.6. The molecule has 2 aliphatic heterocycles. The van der Waals surface area contributed by atoms with E-state index in [9.17, 15) is 19.2 Å². The molecule has 0 radical (unpaired) electrons. The smallest absolute Gasteiger partial charge is 0.276 e. The molecule has 0 bridgehead atoms. The van der Waals surface area contributed by atoms with Crippen molar-refractivity contribution in [3.63, 3.8) is 0 Å². The van der Waals surface area contributed by atoms with Gasteiger partial charge in [-0.2, -0.15) is 10.2 Å². The maximum absolute atomic E-state index is 13.4. The van der Waals surface area contributed by atoms with E-state index in [2.05, 4.69) is 44.8 Å². The van der Waals surface area contributed by atoms with E-state index in [1.807, 2.05) is 21.8 Å². The predicted octanol–water partition coefficient (Wildman–Crippen LogP) is 4.09. The van der Waals surface area contributed by atoms with Crippen molar-refractivity contribution in [3.8, 4) is 5.88 Å². The number of likely N-dealkylation sites (tertiary alicyclic amines) is 1. The highest BCUT2D eigenvalue weighted by Gasteiger charge is 2.34. The number of hydrogen-bond donors (Lipinski definition) is 3. The van der Waals surface area contributed by atoms with Crippen molar-refractivity contribution in [2.75, 3.05) is 18.4 Å². The SMILES string of the molecule is CC1(C)CCc2c(C(=O)Nc3cnn(C4CCC(C(=O)N5CCC(Oc6ccc([C@H]7CCC(=O)NC7=O)cn6)CC5)CC4)c3)n[nH]c2C1. The average molecular weight is 657 g/mol. The zero-order chi connectivity index (χ0) is 33.4. The second-order valence-electron chi connectivity index (χ2n) is 14.6. The van der Waals surface area contributed by atoms with Crippen LogP contribution in [-0.2, 0) is 27.2 Å². The van der Waals surface area contributed by atoms with Gasteiger partial charge in [-0.1, -0.05) is 19.9 Å². The first-order chi connectivity index (χ1) is 23.1. The number of aromatic nitrogens is 5. The molecule has 254 valence electrons. The van der Waals surface area contributed by atoms with Gasteiger partial charge in [0, 0.05) is 68.0 Å². The number of nitrogens with one attached hydrogen (secondary N) is 3. The molecule has 3 N–H and O–H groups in total. The lowest BCUT2D eigenvalue weighted by molar-refractivity contribution is -0.139. The highest BCUT2D eigenvalue weighted by atomic mass is 16.5. The molecule has 1 saturated carbocycles. The highest BCUT2D eigenvalue weighted by Crippen LogP contribution is 2.36. The first-order valence-corrected chi connectivity index (χ1v) is 17.3. The third kappa shape index (κ3) is 6.86. The van der Waals surface area contributed by atoms with Crippen LogP contribution in [0.25, 0.3) is 0 Å². The number of piperidine rings is 2. The fourth-order valence-electron chi connectivity index (χ4n) is 7.72. The number of imide groups is 1. The van der Waals surface area contributed by atoms with Crippen LogP contribution in [0.4, 0.5) is 5.69 Å². The predicted molar refractivity (Wildman–Crippen MR) is 175 cm³/mol. The summed E-state index contributed by atoms with van der Waals surface area (Å²) in [5.74, 6) is -0.375. The van der Waals surface area contributed by atoms with Crippen molar-refractivity contribution >= 4 is 29.3 Å². The van der Waals surface area contributed by atoms with E-state index in [1.54, 1.807) is 18.5 Å². The number of amides is 4. The zero-order valence-corrected chi connectivity index (χ0v) is 27.7. The minimum atomic E-state index is -0.371. The Kier molecular flexibility index (Phi) is 8.78. The largest absolute Gasteiger partial charge is 0.474 e. The summed E-state index contributed by atoms with van der Waals surface area (Å²) in [7, 11) is 0. The van der Waals surface area contributed by atoms with E-state index in [4.69, 9.17) is 4.74 Å². The van der Waals surface area contributed by atoms with Crippen LogP contribution in [0.15, 0.2) is 30.7 Å². The van der Waals surface area contributed by atoms with E-state index in [1.165, 1.54) is 0 Å². The van der Waals surface area contributed by atoms with E-state index in [-0.39, 0.29) is 53.0 Å². The molecular weight excluding hydrogens is 612 g/mol. The Morgan fingerprint density at radius 3 is 2.52 bits per heavy atom. The Labute approximate surface area is 279 Å². The molecule has 5 heterocycles. The number of fused-ring (bicyclic) bond motifs is 1. The van der Waals surface area contributed by atoms with Gasteiger partial charge in [0.1, 0.15) is 6.10 Å². The normalized spacial score (nSPS) is 24.5. The highest BCUT2D eigenvalue weighted by molar-refractivity contribution is 6.04. The molecule has 0 aromatic carbocycles. The summed E-state index contributed by atoms with van der Waals surface area (Å²) in [6.07, 6.45) is 13.6. The fraction of sp³-hybridized carbons (Fsp3) is 0.571.